The highest BCUT2D eigenvalue weighted by molar-refractivity contribution is 5.33. The van der Waals surface area contributed by atoms with E-state index in [-0.39, 0.29) is 5.54 Å². The highest BCUT2D eigenvalue weighted by Crippen LogP contribution is 2.19. The summed E-state index contributed by atoms with van der Waals surface area (Å²) >= 11 is 0. The third kappa shape index (κ3) is 2.19. The lowest BCUT2D eigenvalue weighted by molar-refractivity contribution is -0.747. The number of nitrogens with zero attached hydrogens (tertiary/aromatic N) is 2. The van der Waals surface area contributed by atoms with Crippen LogP contribution in [0.25, 0.3) is 0 Å². The van der Waals surface area contributed by atoms with Gasteiger partial charge >= 0.3 is 0 Å². The van der Waals surface area contributed by atoms with Gasteiger partial charge in [0.15, 0.2) is 17.9 Å². The van der Waals surface area contributed by atoms with E-state index in [0.29, 0.717) is 5.56 Å². The van der Waals surface area contributed by atoms with Crippen LogP contribution in [-0.4, -0.2) is 0 Å². The summed E-state index contributed by atoms with van der Waals surface area (Å²) in [6.07, 6.45) is 4.11. The molecular weight excluding hydrogens is 208 g/mol. The standard InChI is InChI=1S/C15H15N2/c1-15(2,17-10-4-3-5-11-17)14-8-6-13(12-16)7-9-14/h3-11H,1-2H3/q+1. The highest BCUT2D eigenvalue weighted by atomic mass is 15.0. The van der Waals surface area contributed by atoms with E-state index in [9.17, 15) is 0 Å². The summed E-state index contributed by atoms with van der Waals surface area (Å²) in [5.41, 5.74) is 1.77. The van der Waals surface area contributed by atoms with Gasteiger partial charge in [-0.25, -0.2) is 0 Å². The number of pyridine rings is 1. The number of benzene rings is 1. The van der Waals surface area contributed by atoms with Crippen LogP contribution in [0.3, 0.4) is 0 Å². The SMILES string of the molecule is CC(C)(c1ccc(C#N)cc1)[n+]1ccccc1. The van der Waals surface area contributed by atoms with E-state index >= 15 is 0 Å². The summed E-state index contributed by atoms with van der Waals surface area (Å²) in [7, 11) is 0. The average Bonchev–Trinajstić information content (AvgIpc) is 2.40. The molecule has 0 radical (unpaired) electrons. The molecule has 2 heteroatoms. The zero-order chi connectivity index (χ0) is 12.3. The Morgan fingerprint density at radius 3 is 2.12 bits per heavy atom. The maximum Gasteiger partial charge on any atom is 0.187 e. The van der Waals surface area contributed by atoms with Crippen LogP contribution < -0.4 is 4.57 Å². The molecule has 17 heavy (non-hydrogen) atoms. The Kier molecular flexibility index (Phi) is 2.93. The van der Waals surface area contributed by atoms with Crippen LogP contribution in [0.5, 0.6) is 0 Å². The van der Waals surface area contributed by atoms with E-state index < -0.39 is 0 Å². The zero-order valence-corrected chi connectivity index (χ0v) is 10.1. The molecule has 1 heterocycles. The minimum absolute atomic E-state index is 0.116. The maximum absolute atomic E-state index is 8.79. The van der Waals surface area contributed by atoms with E-state index in [0.717, 1.165) is 0 Å². The molecule has 0 saturated heterocycles. The minimum atomic E-state index is -0.116. The summed E-state index contributed by atoms with van der Waals surface area (Å²) in [6.45, 7) is 4.32. The summed E-state index contributed by atoms with van der Waals surface area (Å²) in [5.74, 6) is 0. The number of hydrogen-bond acceptors (Lipinski definition) is 1. The fourth-order valence-electron chi connectivity index (χ4n) is 1.87. The first-order chi connectivity index (χ1) is 8.14. The van der Waals surface area contributed by atoms with Gasteiger partial charge in [0.05, 0.1) is 11.6 Å². The van der Waals surface area contributed by atoms with Gasteiger partial charge in [-0.1, -0.05) is 18.2 Å². The van der Waals surface area contributed by atoms with Crippen molar-refractivity contribution in [1.29, 1.82) is 5.26 Å². The molecule has 2 aromatic rings. The first-order valence-electron chi connectivity index (χ1n) is 5.62. The Morgan fingerprint density at radius 2 is 1.59 bits per heavy atom. The molecular formula is C15H15N2+. The molecule has 84 valence electrons. The van der Waals surface area contributed by atoms with Crippen LogP contribution in [0.15, 0.2) is 54.9 Å². The number of nitriles is 1. The molecule has 0 bridgehead atoms. The third-order valence-corrected chi connectivity index (χ3v) is 3.08. The third-order valence-electron chi connectivity index (χ3n) is 3.08. The lowest BCUT2D eigenvalue weighted by Gasteiger charge is -2.19. The van der Waals surface area contributed by atoms with Gasteiger partial charge in [0.2, 0.25) is 0 Å². The van der Waals surface area contributed by atoms with Crippen LogP contribution in [0, 0.1) is 11.3 Å². The van der Waals surface area contributed by atoms with Crippen molar-refractivity contribution in [2.45, 2.75) is 19.4 Å². The monoisotopic (exact) mass is 223 g/mol. The Balaban J connectivity index is 2.41. The lowest BCUT2D eigenvalue weighted by atomic mass is 9.93. The average molecular weight is 223 g/mol. The number of hydrogen-bond donors (Lipinski definition) is 0. The predicted octanol–water partition coefficient (Wildman–Crippen LogP) is 2.63. The fourth-order valence-corrected chi connectivity index (χ4v) is 1.87. The van der Waals surface area contributed by atoms with Crippen LogP contribution in [0.4, 0.5) is 0 Å². The molecule has 0 spiro atoms. The molecule has 0 N–H and O–H groups in total. The summed E-state index contributed by atoms with van der Waals surface area (Å²) in [4.78, 5) is 0. The molecule has 0 fully saturated rings. The fraction of sp³-hybridized carbons (Fsp3) is 0.200. The van der Waals surface area contributed by atoms with Gasteiger partial charge in [0.25, 0.3) is 0 Å². The second-order valence-corrected chi connectivity index (χ2v) is 4.53. The van der Waals surface area contributed by atoms with Crippen LogP contribution in [0.2, 0.25) is 0 Å². The minimum Gasteiger partial charge on any atom is -0.196 e. The van der Waals surface area contributed by atoms with Gasteiger partial charge in [-0.05, 0) is 12.1 Å². The Labute approximate surface area is 102 Å². The van der Waals surface area contributed by atoms with Crippen molar-refractivity contribution in [3.8, 4) is 6.07 Å². The normalized spacial score (nSPS) is 10.9. The molecule has 0 aliphatic rings. The largest absolute Gasteiger partial charge is 0.196 e. The van der Waals surface area contributed by atoms with E-state index in [2.05, 4.69) is 36.9 Å². The first-order valence-corrected chi connectivity index (χ1v) is 5.62. The van der Waals surface area contributed by atoms with Crippen molar-refractivity contribution in [1.82, 2.24) is 0 Å². The molecule has 1 aromatic carbocycles. The van der Waals surface area contributed by atoms with E-state index in [1.165, 1.54) is 5.56 Å². The smallest absolute Gasteiger partial charge is 0.187 e. The second kappa shape index (κ2) is 4.39. The Bertz CT molecular complexity index is 533. The van der Waals surface area contributed by atoms with Crippen molar-refractivity contribution in [3.63, 3.8) is 0 Å². The van der Waals surface area contributed by atoms with Gasteiger partial charge in [0.1, 0.15) is 0 Å². The van der Waals surface area contributed by atoms with Crippen molar-refractivity contribution in [3.05, 3.63) is 66.0 Å². The first kappa shape index (κ1) is 11.3. The van der Waals surface area contributed by atoms with Gasteiger partial charge in [-0.2, -0.15) is 9.83 Å². The molecule has 0 atom stereocenters. The molecule has 0 saturated carbocycles. The van der Waals surface area contributed by atoms with E-state index in [1.807, 2.05) is 42.5 Å². The molecule has 1 aromatic heterocycles. The van der Waals surface area contributed by atoms with E-state index in [1.54, 1.807) is 0 Å². The molecule has 0 amide bonds. The molecule has 2 nitrogen and oxygen atoms in total. The van der Waals surface area contributed by atoms with Gasteiger partial charge < -0.3 is 0 Å². The van der Waals surface area contributed by atoms with Crippen LogP contribution in [0.1, 0.15) is 25.0 Å². The lowest BCUT2D eigenvalue weighted by Crippen LogP contribution is -2.52. The maximum atomic E-state index is 8.79. The topological polar surface area (TPSA) is 27.7 Å². The highest BCUT2D eigenvalue weighted by Gasteiger charge is 2.29. The Hall–Kier alpha value is -2.14. The van der Waals surface area contributed by atoms with Gasteiger partial charge in [-0.15, -0.1) is 0 Å². The van der Waals surface area contributed by atoms with Crippen molar-refractivity contribution in [2.75, 3.05) is 0 Å². The van der Waals surface area contributed by atoms with Gasteiger partial charge in [0, 0.05) is 31.5 Å². The molecule has 2 rings (SSSR count). The molecule has 0 aliphatic carbocycles. The number of rotatable bonds is 2. The van der Waals surface area contributed by atoms with Crippen molar-refractivity contribution < 1.29 is 4.57 Å². The van der Waals surface area contributed by atoms with Crippen LogP contribution >= 0.6 is 0 Å². The second-order valence-electron chi connectivity index (χ2n) is 4.53. The summed E-state index contributed by atoms with van der Waals surface area (Å²) in [6, 6.07) is 15.9. The summed E-state index contributed by atoms with van der Waals surface area (Å²) < 4.78 is 2.16. The molecule has 0 aliphatic heterocycles. The van der Waals surface area contributed by atoms with Crippen molar-refractivity contribution >= 4 is 0 Å². The molecule has 0 unspecified atom stereocenters. The van der Waals surface area contributed by atoms with Crippen LogP contribution in [-0.2, 0) is 5.54 Å². The summed E-state index contributed by atoms with van der Waals surface area (Å²) in [5, 5.41) is 8.79. The predicted molar refractivity (Wildman–Crippen MR) is 66.2 cm³/mol. The van der Waals surface area contributed by atoms with Gasteiger partial charge in [-0.3, -0.25) is 0 Å². The Morgan fingerprint density at radius 1 is 1.00 bits per heavy atom. The van der Waals surface area contributed by atoms with Crippen molar-refractivity contribution in [2.24, 2.45) is 0 Å². The number of aromatic nitrogens is 1. The quantitative estimate of drug-likeness (QED) is 0.719. The zero-order valence-electron chi connectivity index (χ0n) is 10.1. The van der Waals surface area contributed by atoms with E-state index in [4.69, 9.17) is 5.26 Å².